The van der Waals surface area contributed by atoms with Gasteiger partial charge in [-0.05, 0) is 0 Å². The van der Waals surface area contributed by atoms with Gasteiger partial charge in [-0.2, -0.15) is 26.3 Å². The van der Waals surface area contributed by atoms with Crippen LogP contribution in [-0.4, -0.2) is 65.3 Å². The lowest BCUT2D eigenvalue weighted by Crippen LogP contribution is -2.24. The Hall–Kier alpha value is -3.37. The molecule has 1 aromatic carbocycles. The van der Waals surface area contributed by atoms with Gasteiger partial charge in [-0.3, -0.25) is 4.72 Å². The molecule has 0 aliphatic rings. The van der Waals surface area contributed by atoms with E-state index in [0.717, 1.165) is 12.1 Å². The van der Waals surface area contributed by atoms with Crippen LogP contribution in [0.2, 0.25) is 0 Å². The summed E-state index contributed by atoms with van der Waals surface area (Å²) in [5.41, 5.74) is -0.262. The summed E-state index contributed by atoms with van der Waals surface area (Å²) >= 11 is 0. The topological polar surface area (TPSA) is 118 Å². The SMILES string of the molecule is COc1cc(NS(=O)(=O)c2c(OCC(F)(F)F)ncnc2OCC(F)(F)F)cc(OC)c1OC. The lowest BCUT2D eigenvalue weighted by Gasteiger charge is -2.18. The third kappa shape index (κ3) is 7.06. The standard InChI is InChI=1S/C17H17F6N3O7S/c1-29-10-4-9(5-11(30-2)12(10)31-3)26-34(27,28)13-14(32-6-16(18,19)20)24-8-25-15(13)33-7-17(21,22)23/h4-5,8,26H,6-7H2,1-3H3. The predicted octanol–water partition coefficient (Wildman–Crippen LogP) is 3.19. The predicted molar refractivity (Wildman–Crippen MR) is 102 cm³/mol. The van der Waals surface area contributed by atoms with Gasteiger partial charge in [0.1, 0.15) is 6.33 Å². The van der Waals surface area contributed by atoms with Crippen LogP contribution in [0.25, 0.3) is 0 Å². The third-order valence-corrected chi connectivity index (χ3v) is 5.06. The summed E-state index contributed by atoms with van der Waals surface area (Å²) < 4.78 is 128. The number of benzene rings is 1. The molecule has 2 aromatic rings. The van der Waals surface area contributed by atoms with E-state index in [-0.39, 0.29) is 22.9 Å². The fourth-order valence-electron chi connectivity index (χ4n) is 2.42. The van der Waals surface area contributed by atoms with Gasteiger partial charge in [-0.15, -0.1) is 0 Å². The van der Waals surface area contributed by atoms with E-state index in [0.29, 0.717) is 6.33 Å². The van der Waals surface area contributed by atoms with E-state index in [1.807, 2.05) is 4.72 Å². The van der Waals surface area contributed by atoms with Gasteiger partial charge in [-0.1, -0.05) is 0 Å². The monoisotopic (exact) mass is 521 g/mol. The Balaban J connectivity index is 2.57. The minimum absolute atomic E-state index is 0.00838. The maximum Gasteiger partial charge on any atom is 0.422 e. The summed E-state index contributed by atoms with van der Waals surface area (Å²) in [6.45, 7) is -3.98. The van der Waals surface area contributed by atoms with E-state index in [4.69, 9.17) is 14.2 Å². The molecule has 0 bridgehead atoms. The molecule has 10 nitrogen and oxygen atoms in total. The Morgan fingerprint density at radius 1 is 0.824 bits per heavy atom. The van der Waals surface area contributed by atoms with Crippen LogP contribution in [0.15, 0.2) is 23.4 Å². The molecular weight excluding hydrogens is 504 g/mol. The summed E-state index contributed by atoms with van der Waals surface area (Å²) in [4.78, 5) is 5.32. The van der Waals surface area contributed by atoms with E-state index in [9.17, 15) is 34.8 Å². The molecule has 0 fully saturated rings. The number of sulfonamides is 1. The number of methoxy groups -OCH3 is 3. The number of rotatable bonds is 10. The van der Waals surface area contributed by atoms with Crippen LogP contribution >= 0.6 is 0 Å². The smallest absolute Gasteiger partial charge is 0.422 e. The van der Waals surface area contributed by atoms with Crippen LogP contribution in [-0.2, 0) is 10.0 Å². The van der Waals surface area contributed by atoms with E-state index < -0.39 is 52.2 Å². The number of nitrogens with one attached hydrogen (secondary N) is 1. The first-order valence-electron chi connectivity index (χ1n) is 8.77. The van der Waals surface area contributed by atoms with Crippen molar-refractivity contribution in [1.82, 2.24) is 9.97 Å². The first-order valence-corrected chi connectivity index (χ1v) is 10.3. The highest BCUT2D eigenvalue weighted by Gasteiger charge is 2.35. The van der Waals surface area contributed by atoms with Crippen LogP contribution in [0.4, 0.5) is 32.0 Å². The molecule has 0 atom stereocenters. The molecule has 1 aromatic heterocycles. The number of hydrogen-bond donors (Lipinski definition) is 1. The Kier molecular flexibility index (Phi) is 8.12. The molecule has 0 saturated heterocycles. The van der Waals surface area contributed by atoms with Crippen LogP contribution in [0.5, 0.6) is 29.0 Å². The Bertz CT molecular complexity index is 1050. The van der Waals surface area contributed by atoms with Gasteiger partial charge in [0.05, 0.1) is 27.0 Å². The fourth-order valence-corrected chi connectivity index (χ4v) is 3.64. The summed E-state index contributed by atoms with van der Waals surface area (Å²) in [7, 11) is -1.26. The van der Waals surface area contributed by atoms with Gasteiger partial charge >= 0.3 is 12.4 Å². The van der Waals surface area contributed by atoms with Gasteiger partial charge in [0.2, 0.25) is 22.4 Å². The zero-order chi connectivity index (χ0) is 25.7. The van der Waals surface area contributed by atoms with E-state index in [1.165, 1.54) is 21.3 Å². The summed E-state index contributed by atoms with van der Waals surface area (Å²) in [5.74, 6) is -2.31. The van der Waals surface area contributed by atoms with Crippen molar-refractivity contribution in [3.8, 4) is 29.0 Å². The number of ether oxygens (including phenoxy) is 5. The molecular formula is C17H17F6N3O7S. The van der Waals surface area contributed by atoms with Crippen molar-refractivity contribution in [2.45, 2.75) is 17.2 Å². The molecule has 34 heavy (non-hydrogen) atoms. The van der Waals surface area contributed by atoms with Crippen molar-refractivity contribution in [2.75, 3.05) is 39.3 Å². The number of halogens is 6. The van der Waals surface area contributed by atoms with Crippen LogP contribution in [0, 0.1) is 0 Å². The summed E-state index contributed by atoms with van der Waals surface area (Å²) in [6, 6.07) is 2.24. The summed E-state index contributed by atoms with van der Waals surface area (Å²) in [6.07, 6.45) is -9.35. The highest BCUT2D eigenvalue weighted by atomic mass is 32.2. The molecule has 0 spiro atoms. The van der Waals surface area contributed by atoms with E-state index in [1.54, 1.807) is 0 Å². The van der Waals surface area contributed by atoms with Gasteiger partial charge in [0, 0.05) is 12.1 Å². The molecule has 0 radical (unpaired) electrons. The lowest BCUT2D eigenvalue weighted by atomic mass is 10.2. The minimum Gasteiger partial charge on any atom is -0.493 e. The molecule has 190 valence electrons. The number of nitrogens with zero attached hydrogens (tertiary/aromatic N) is 2. The number of aromatic nitrogens is 2. The molecule has 2 rings (SSSR count). The highest BCUT2D eigenvalue weighted by Crippen LogP contribution is 2.41. The van der Waals surface area contributed by atoms with Crippen molar-refractivity contribution in [3.63, 3.8) is 0 Å². The van der Waals surface area contributed by atoms with Crippen molar-refractivity contribution in [2.24, 2.45) is 0 Å². The van der Waals surface area contributed by atoms with Gasteiger partial charge < -0.3 is 23.7 Å². The van der Waals surface area contributed by atoms with Crippen LogP contribution < -0.4 is 28.4 Å². The zero-order valence-corrected chi connectivity index (χ0v) is 18.4. The maximum atomic E-state index is 13.0. The van der Waals surface area contributed by atoms with E-state index >= 15 is 0 Å². The van der Waals surface area contributed by atoms with E-state index in [2.05, 4.69) is 19.4 Å². The quantitative estimate of drug-likeness (QED) is 0.471. The van der Waals surface area contributed by atoms with Crippen molar-refractivity contribution in [3.05, 3.63) is 18.5 Å². The fraction of sp³-hybridized carbons (Fsp3) is 0.412. The molecule has 0 aliphatic heterocycles. The van der Waals surface area contributed by atoms with Crippen molar-refractivity contribution >= 4 is 15.7 Å². The molecule has 0 amide bonds. The normalized spacial score (nSPS) is 12.1. The number of alkyl halides is 6. The molecule has 1 N–H and O–H groups in total. The van der Waals surface area contributed by atoms with Gasteiger partial charge in [0.15, 0.2) is 24.7 Å². The first kappa shape index (κ1) is 26.9. The Morgan fingerprint density at radius 2 is 1.26 bits per heavy atom. The zero-order valence-electron chi connectivity index (χ0n) is 17.6. The maximum absolute atomic E-state index is 13.0. The largest absolute Gasteiger partial charge is 0.493 e. The van der Waals surface area contributed by atoms with Crippen molar-refractivity contribution in [1.29, 1.82) is 0 Å². The molecule has 1 heterocycles. The molecule has 0 aliphatic carbocycles. The molecule has 0 unspecified atom stereocenters. The number of hydrogen-bond acceptors (Lipinski definition) is 9. The first-order chi connectivity index (χ1) is 15.7. The lowest BCUT2D eigenvalue weighted by molar-refractivity contribution is -0.155. The van der Waals surface area contributed by atoms with Gasteiger partial charge in [-0.25, -0.2) is 18.4 Å². The average molecular weight is 521 g/mol. The Morgan fingerprint density at radius 3 is 1.62 bits per heavy atom. The third-order valence-electron chi connectivity index (χ3n) is 3.67. The van der Waals surface area contributed by atoms with Crippen LogP contribution in [0.1, 0.15) is 0 Å². The molecule has 17 heteroatoms. The second-order valence-corrected chi connectivity index (χ2v) is 7.76. The number of anilines is 1. The summed E-state index contributed by atoms with van der Waals surface area (Å²) in [5, 5.41) is 0. The second kappa shape index (κ2) is 10.3. The average Bonchev–Trinajstić information content (AvgIpc) is 2.74. The van der Waals surface area contributed by atoms with Crippen molar-refractivity contribution < 1.29 is 58.4 Å². The second-order valence-electron chi connectivity index (χ2n) is 6.14. The Labute approximate surface area is 188 Å². The minimum atomic E-state index is -4.99. The van der Waals surface area contributed by atoms with Crippen LogP contribution in [0.3, 0.4) is 0 Å². The molecule has 0 saturated carbocycles. The highest BCUT2D eigenvalue weighted by molar-refractivity contribution is 7.93. The van der Waals surface area contributed by atoms with Gasteiger partial charge in [0.25, 0.3) is 10.0 Å².